The van der Waals surface area contributed by atoms with Crippen molar-refractivity contribution in [3.05, 3.63) is 36.5 Å². The molecule has 1 aromatic heterocycles. The van der Waals surface area contributed by atoms with Gasteiger partial charge in [0.15, 0.2) is 0 Å². The predicted octanol–water partition coefficient (Wildman–Crippen LogP) is 1.67. The van der Waals surface area contributed by atoms with Crippen LogP contribution < -0.4 is 4.72 Å². The van der Waals surface area contributed by atoms with Gasteiger partial charge in [0.25, 0.3) is 0 Å². The normalized spacial score (nSPS) is 13.5. The van der Waals surface area contributed by atoms with Gasteiger partial charge in [-0.1, -0.05) is 6.07 Å². The summed E-state index contributed by atoms with van der Waals surface area (Å²) in [5.74, 6) is 0. The highest BCUT2D eigenvalue weighted by atomic mass is 32.2. The monoisotopic (exact) mass is 294 g/mol. The van der Waals surface area contributed by atoms with Gasteiger partial charge in [-0.05, 0) is 44.0 Å². The number of hydrogen-bond acceptors (Lipinski definition) is 4. The molecule has 0 aliphatic rings. The van der Waals surface area contributed by atoms with Crippen molar-refractivity contribution in [3.63, 3.8) is 0 Å². The van der Waals surface area contributed by atoms with E-state index in [0.717, 1.165) is 0 Å². The van der Waals surface area contributed by atoms with Crippen molar-refractivity contribution in [1.29, 1.82) is 0 Å². The van der Waals surface area contributed by atoms with Crippen LogP contribution in [0.25, 0.3) is 10.9 Å². The van der Waals surface area contributed by atoms with Gasteiger partial charge in [0.1, 0.15) is 0 Å². The molecule has 1 aromatic carbocycles. The van der Waals surface area contributed by atoms with E-state index in [1.807, 2.05) is 0 Å². The molecule has 2 rings (SSSR count). The van der Waals surface area contributed by atoms with Crippen LogP contribution in [-0.2, 0) is 10.0 Å². The SMILES string of the molecule is CC(CCCO)NS(=O)(=O)c1cccc2ncccc12. The van der Waals surface area contributed by atoms with Gasteiger partial charge in [0.2, 0.25) is 10.0 Å². The second-order valence-corrected chi connectivity index (χ2v) is 6.40. The third-order valence-electron chi connectivity index (χ3n) is 3.05. The Labute approximate surface area is 118 Å². The zero-order valence-electron chi connectivity index (χ0n) is 11.3. The van der Waals surface area contributed by atoms with Crippen molar-refractivity contribution in [2.24, 2.45) is 0 Å². The molecule has 0 aliphatic carbocycles. The Hall–Kier alpha value is -1.50. The number of nitrogens with zero attached hydrogens (tertiary/aromatic N) is 1. The van der Waals surface area contributed by atoms with Crippen LogP contribution in [0, 0.1) is 0 Å². The summed E-state index contributed by atoms with van der Waals surface area (Å²) in [6.45, 7) is 1.85. The van der Waals surface area contributed by atoms with Gasteiger partial charge < -0.3 is 5.11 Å². The molecule has 2 aromatic rings. The Morgan fingerprint density at radius 3 is 2.85 bits per heavy atom. The number of pyridine rings is 1. The summed E-state index contributed by atoms with van der Waals surface area (Å²) in [4.78, 5) is 4.39. The second-order valence-electron chi connectivity index (χ2n) is 4.71. The van der Waals surface area contributed by atoms with E-state index in [2.05, 4.69) is 9.71 Å². The molecule has 0 saturated carbocycles. The number of sulfonamides is 1. The third-order valence-corrected chi connectivity index (χ3v) is 4.69. The standard InChI is InChI=1S/C14H18N2O3S/c1-11(5-4-10-17)16-20(18,19)14-8-2-7-13-12(14)6-3-9-15-13/h2-3,6-9,11,16-17H,4-5,10H2,1H3. The van der Waals surface area contributed by atoms with Crippen molar-refractivity contribution in [1.82, 2.24) is 9.71 Å². The minimum atomic E-state index is -3.59. The van der Waals surface area contributed by atoms with Crippen LogP contribution in [0.1, 0.15) is 19.8 Å². The summed E-state index contributed by atoms with van der Waals surface area (Å²) in [6, 6.07) is 8.28. The number of hydrogen-bond donors (Lipinski definition) is 2. The minimum Gasteiger partial charge on any atom is -0.396 e. The average Bonchev–Trinajstić information content (AvgIpc) is 2.44. The van der Waals surface area contributed by atoms with Gasteiger partial charge in [-0.15, -0.1) is 0 Å². The molecule has 0 radical (unpaired) electrons. The van der Waals surface area contributed by atoms with E-state index in [1.165, 1.54) is 0 Å². The number of nitrogens with one attached hydrogen (secondary N) is 1. The largest absolute Gasteiger partial charge is 0.396 e. The van der Waals surface area contributed by atoms with E-state index in [9.17, 15) is 8.42 Å². The lowest BCUT2D eigenvalue weighted by atomic mass is 10.2. The number of benzene rings is 1. The summed E-state index contributed by atoms with van der Waals surface area (Å²) in [6.07, 6.45) is 2.80. The topological polar surface area (TPSA) is 79.3 Å². The predicted molar refractivity (Wildman–Crippen MR) is 77.8 cm³/mol. The highest BCUT2D eigenvalue weighted by Gasteiger charge is 2.19. The maximum absolute atomic E-state index is 12.4. The van der Waals surface area contributed by atoms with Crippen molar-refractivity contribution in [2.75, 3.05) is 6.61 Å². The molecule has 1 heterocycles. The van der Waals surface area contributed by atoms with Crippen molar-refractivity contribution >= 4 is 20.9 Å². The minimum absolute atomic E-state index is 0.0598. The van der Waals surface area contributed by atoms with Crippen LogP contribution in [0.3, 0.4) is 0 Å². The molecule has 2 N–H and O–H groups in total. The van der Waals surface area contributed by atoms with Crippen molar-refractivity contribution in [2.45, 2.75) is 30.7 Å². The van der Waals surface area contributed by atoms with Gasteiger partial charge in [0.05, 0.1) is 10.4 Å². The molecule has 1 unspecified atom stereocenters. The molecule has 6 heteroatoms. The highest BCUT2D eigenvalue weighted by molar-refractivity contribution is 7.89. The van der Waals surface area contributed by atoms with E-state index >= 15 is 0 Å². The lowest BCUT2D eigenvalue weighted by molar-refractivity contribution is 0.279. The summed E-state index contributed by atoms with van der Waals surface area (Å²) >= 11 is 0. The molecule has 1 atom stereocenters. The molecule has 0 fully saturated rings. The molecule has 0 spiro atoms. The fourth-order valence-corrected chi connectivity index (χ4v) is 3.59. The molecule has 0 aliphatic heterocycles. The quantitative estimate of drug-likeness (QED) is 0.849. The summed E-state index contributed by atoms with van der Waals surface area (Å²) in [7, 11) is -3.59. The number of aliphatic hydroxyl groups is 1. The van der Waals surface area contributed by atoms with Crippen LogP contribution in [0.2, 0.25) is 0 Å². The van der Waals surface area contributed by atoms with Gasteiger partial charge >= 0.3 is 0 Å². The van der Waals surface area contributed by atoms with E-state index < -0.39 is 10.0 Å². The first kappa shape index (κ1) is 14.9. The third kappa shape index (κ3) is 3.33. The van der Waals surface area contributed by atoms with Crippen LogP contribution >= 0.6 is 0 Å². The number of aliphatic hydroxyl groups excluding tert-OH is 1. The van der Waals surface area contributed by atoms with E-state index in [-0.39, 0.29) is 17.5 Å². The van der Waals surface area contributed by atoms with Gasteiger partial charge in [-0.3, -0.25) is 4.98 Å². The van der Waals surface area contributed by atoms with E-state index in [0.29, 0.717) is 23.7 Å². The van der Waals surface area contributed by atoms with Crippen LogP contribution in [-0.4, -0.2) is 31.2 Å². The first-order chi connectivity index (χ1) is 9.54. The van der Waals surface area contributed by atoms with Gasteiger partial charge in [-0.2, -0.15) is 0 Å². The molecule has 0 amide bonds. The fourth-order valence-electron chi connectivity index (χ4n) is 2.09. The maximum Gasteiger partial charge on any atom is 0.241 e. The van der Waals surface area contributed by atoms with Crippen molar-refractivity contribution in [3.8, 4) is 0 Å². The summed E-state index contributed by atoms with van der Waals surface area (Å²) in [5.41, 5.74) is 0.651. The van der Waals surface area contributed by atoms with E-state index in [1.54, 1.807) is 43.5 Å². The molecule has 108 valence electrons. The Morgan fingerprint density at radius 2 is 2.10 bits per heavy atom. The Bertz CT molecular complexity index is 680. The number of rotatable bonds is 6. The highest BCUT2D eigenvalue weighted by Crippen LogP contribution is 2.21. The zero-order valence-corrected chi connectivity index (χ0v) is 12.1. The molecule has 5 nitrogen and oxygen atoms in total. The Kier molecular flexibility index (Phi) is 4.69. The number of fused-ring (bicyclic) bond motifs is 1. The number of aromatic nitrogens is 1. The molecular formula is C14H18N2O3S. The van der Waals surface area contributed by atoms with Crippen LogP contribution in [0.15, 0.2) is 41.4 Å². The summed E-state index contributed by atoms with van der Waals surface area (Å²) in [5, 5.41) is 9.39. The first-order valence-electron chi connectivity index (χ1n) is 6.51. The van der Waals surface area contributed by atoms with Gasteiger partial charge in [0, 0.05) is 24.2 Å². The van der Waals surface area contributed by atoms with Gasteiger partial charge in [-0.25, -0.2) is 13.1 Å². The lowest BCUT2D eigenvalue weighted by Gasteiger charge is -2.14. The zero-order chi connectivity index (χ0) is 14.6. The lowest BCUT2D eigenvalue weighted by Crippen LogP contribution is -2.32. The van der Waals surface area contributed by atoms with Crippen LogP contribution in [0.4, 0.5) is 0 Å². The Balaban J connectivity index is 2.32. The molecule has 0 bridgehead atoms. The Morgan fingerprint density at radius 1 is 1.30 bits per heavy atom. The smallest absolute Gasteiger partial charge is 0.241 e. The second kappa shape index (κ2) is 6.30. The maximum atomic E-state index is 12.4. The first-order valence-corrected chi connectivity index (χ1v) is 8.00. The summed E-state index contributed by atoms with van der Waals surface area (Å²) < 4.78 is 27.5. The average molecular weight is 294 g/mol. The molecular weight excluding hydrogens is 276 g/mol. The molecule has 0 saturated heterocycles. The van der Waals surface area contributed by atoms with E-state index in [4.69, 9.17) is 5.11 Å². The molecule has 20 heavy (non-hydrogen) atoms. The fraction of sp³-hybridized carbons (Fsp3) is 0.357. The van der Waals surface area contributed by atoms with Crippen molar-refractivity contribution < 1.29 is 13.5 Å². The van der Waals surface area contributed by atoms with Crippen LogP contribution in [0.5, 0.6) is 0 Å².